The molecule has 1 aromatic heterocycles. The van der Waals surface area contributed by atoms with Crippen LogP contribution >= 0.6 is 0 Å². The summed E-state index contributed by atoms with van der Waals surface area (Å²) in [6.07, 6.45) is -0.391. The fourth-order valence-electron chi connectivity index (χ4n) is 2.06. The molecule has 5 N–H and O–H groups in total. The van der Waals surface area contributed by atoms with Crippen molar-refractivity contribution in [3.8, 4) is 0 Å². The zero-order valence-electron chi connectivity index (χ0n) is 10.6. The third-order valence-electron chi connectivity index (χ3n) is 3.04. The van der Waals surface area contributed by atoms with Crippen LogP contribution in [0.3, 0.4) is 0 Å². The van der Waals surface area contributed by atoms with Crippen molar-refractivity contribution in [3.05, 3.63) is 16.7 Å². The zero-order chi connectivity index (χ0) is 14.0. The molecule has 0 aliphatic carbocycles. The Hall–Kier alpha value is -1.64. The second-order valence-corrected chi connectivity index (χ2v) is 4.37. The minimum Gasteiger partial charge on any atom is -0.394 e. The number of nitrogen functional groups attached to an aromatic ring is 1. The maximum Gasteiger partial charge on any atom is 0.351 e. The maximum atomic E-state index is 11.8. The molecule has 0 unspecified atom stereocenters. The fraction of sp³-hybridized carbons (Fsp3) is 0.636. The summed E-state index contributed by atoms with van der Waals surface area (Å²) in [4.78, 5) is 15.5. The summed E-state index contributed by atoms with van der Waals surface area (Å²) in [5.41, 5.74) is 5.63. The highest BCUT2D eigenvalue weighted by Crippen LogP contribution is 2.28. The SMILES string of the molecule is CCNc1cn([C@@H]2C[C@@H](O)[C@H](CO)O2)c(=O)nc1N. The Labute approximate surface area is 109 Å². The van der Waals surface area contributed by atoms with E-state index in [9.17, 15) is 9.90 Å². The third-order valence-corrected chi connectivity index (χ3v) is 3.04. The largest absolute Gasteiger partial charge is 0.394 e. The Balaban J connectivity index is 2.30. The number of aliphatic hydroxyl groups is 2. The smallest absolute Gasteiger partial charge is 0.351 e. The van der Waals surface area contributed by atoms with Gasteiger partial charge in [0.1, 0.15) is 12.3 Å². The van der Waals surface area contributed by atoms with Crippen LogP contribution in [0, 0.1) is 0 Å². The second-order valence-electron chi connectivity index (χ2n) is 4.37. The molecule has 0 amide bonds. The summed E-state index contributed by atoms with van der Waals surface area (Å²) >= 11 is 0. The molecule has 3 atom stereocenters. The molecule has 8 nitrogen and oxygen atoms in total. The first-order chi connectivity index (χ1) is 9.06. The molecule has 0 saturated carbocycles. The summed E-state index contributed by atoms with van der Waals surface area (Å²) in [5, 5.41) is 21.7. The van der Waals surface area contributed by atoms with Gasteiger partial charge in [-0.3, -0.25) is 4.57 Å². The molecular formula is C11H18N4O4. The standard InChI is InChI=1S/C11H18N4O4/c1-2-13-6-4-15(11(18)14-10(6)12)9-3-7(17)8(5-16)19-9/h4,7-9,13,16-17H,2-3,5H2,1H3,(H2,12,14,18)/t7-,8+,9+/m1/s1. The Morgan fingerprint density at radius 3 is 3.00 bits per heavy atom. The van der Waals surface area contributed by atoms with Gasteiger partial charge in [-0.1, -0.05) is 0 Å². The summed E-state index contributed by atoms with van der Waals surface area (Å²) < 4.78 is 6.69. The Morgan fingerprint density at radius 2 is 2.42 bits per heavy atom. The van der Waals surface area contributed by atoms with Crippen LogP contribution in [0.25, 0.3) is 0 Å². The normalized spacial score (nSPS) is 26.6. The van der Waals surface area contributed by atoms with Crippen molar-refractivity contribution in [2.45, 2.75) is 31.8 Å². The van der Waals surface area contributed by atoms with Gasteiger partial charge in [-0.15, -0.1) is 0 Å². The van der Waals surface area contributed by atoms with E-state index in [1.807, 2.05) is 6.92 Å². The molecule has 8 heteroatoms. The maximum absolute atomic E-state index is 11.8. The van der Waals surface area contributed by atoms with Crippen molar-refractivity contribution in [1.29, 1.82) is 0 Å². The van der Waals surface area contributed by atoms with Crippen molar-refractivity contribution in [2.24, 2.45) is 0 Å². The van der Waals surface area contributed by atoms with Gasteiger partial charge >= 0.3 is 5.69 Å². The van der Waals surface area contributed by atoms with Crippen molar-refractivity contribution in [2.75, 3.05) is 24.2 Å². The molecule has 1 fully saturated rings. The molecule has 0 aromatic carbocycles. The van der Waals surface area contributed by atoms with Crippen molar-refractivity contribution in [3.63, 3.8) is 0 Å². The second kappa shape index (κ2) is 5.55. The van der Waals surface area contributed by atoms with Crippen LogP contribution in [0.4, 0.5) is 11.5 Å². The number of aromatic nitrogens is 2. The van der Waals surface area contributed by atoms with Crippen molar-refractivity contribution in [1.82, 2.24) is 9.55 Å². The molecule has 2 heterocycles. The molecule has 1 aliphatic heterocycles. The van der Waals surface area contributed by atoms with Crippen LogP contribution in [0.15, 0.2) is 11.0 Å². The van der Waals surface area contributed by atoms with E-state index in [-0.39, 0.29) is 18.8 Å². The van der Waals surface area contributed by atoms with Gasteiger partial charge in [-0.05, 0) is 6.92 Å². The lowest BCUT2D eigenvalue weighted by Crippen LogP contribution is -2.29. The van der Waals surface area contributed by atoms with Gasteiger partial charge in [-0.2, -0.15) is 4.98 Å². The number of anilines is 2. The highest BCUT2D eigenvalue weighted by Gasteiger charge is 2.35. The number of hydrogen-bond donors (Lipinski definition) is 4. The van der Waals surface area contributed by atoms with Gasteiger partial charge in [0.05, 0.1) is 18.4 Å². The summed E-state index contributed by atoms with van der Waals surface area (Å²) in [7, 11) is 0. The number of nitrogens with one attached hydrogen (secondary N) is 1. The Bertz CT molecular complexity index is 504. The highest BCUT2D eigenvalue weighted by atomic mass is 16.5. The first-order valence-corrected chi connectivity index (χ1v) is 6.13. The lowest BCUT2D eigenvalue weighted by atomic mass is 10.2. The lowest BCUT2D eigenvalue weighted by Gasteiger charge is -2.16. The van der Waals surface area contributed by atoms with E-state index >= 15 is 0 Å². The van der Waals surface area contributed by atoms with E-state index in [2.05, 4.69) is 10.3 Å². The van der Waals surface area contributed by atoms with Gasteiger partial charge in [0.15, 0.2) is 5.82 Å². The van der Waals surface area contributed by atoms with Crippen LogP contribution in [-0.2, 0) is 4.74 Å². The molecule has 1 saturated heterocycles. The molecule has 0 radical (unpaired) electrons. The quantitative estimate of drug-likeness (QED) is 0.547. The predicted molar refractivity (Wildman–Crippen MR) is 68.7 cm³/mol. The van der Waals surface area contributed by atoms with Crippen LogP contribution in [0.5, 0.6) is 0 Å². The number of rotatable bonds is 4. The number of hydrogen-bond acceptors (Lipinski definition) is 7. The van der Waals surface area contributed by atoms with Gasteiger partial charge in [0.25, 0.3) is 0 Å². The van der Waals surface area contributed by atoms with Crippen LogP contribution in [0.2, 0.25) is 0 Å². The fourth-order valence-corrected chi connectivity index (χ4v) is 2.06. The molecular weight excluding hydrogens is 252 g/mol. The first kappa shape index (κ1) is 13.8. The zero-order valence-corrected chi connectivity index (χ0v) is 10.6. The first-order valence-electron chi connectivity index (χ1n) is 6.13. The van der Waals surface area contributed by atoms with E-state index in [1.54, 1.807) is 0 Å². The number of nitrogens with two attached hydrogens (primary N) is 1. The van der Waals surface area contributed by atoms with E-state index in [1.165, 1.54) is 10.8 Å². The molecule has 1 aromatic rings. The van der Waals surface area contributed by atoms with Crippen LogP contribution in [0.1, 0.15) is 19.6 Å². The van der Waals surface area contributed by atoms with E-state index in [0.29, 0.717) is 12.2 Å². The van der Waals surface area contributed by atoms with Gasteiger partial charge in [-0.25, -0.2) is 4.79 Å². The Morgan fingerprint density at radius 1 is 1.68 bits per heavy atom. The number of nitrogens with zero attached hydrogens (tertiary/aromatic N) is 2. The van der Waals surface area contributed by atoms with Crippen molar-refractivity contribution < 1.29 is 14.9 Å². The number of ether oxygens (including phenoxy) is 1. The van der Waals surface area contributed by atoms with E-state index in [4.69, 9.17) is 15.6 Å². The van der Waals surface area contributed by atoms with E-state index in [0.717, 1.165) is 0 Å². The summed E-state index contributed by atoms with van der Waals surface area (Å²) in [6.45, 7) is 2.24. The molecule has 19 heavy (non-hydrogen) atoms. The molecule has 2 rings (SSSR count). The average molecular weight is 270 g/mol. The lowest BCUT2D eigenvalue weighted by molar-refractivity contribution is -0.0458. The van der Waals surface area contributed by atoms with Crippen molar-refractivity contribution >= 4 is 11.5 Å². The Kier molecular flexibility index (Phi) is 4.03. The van der Waals surface area contributed by atoms with Gasteiger partial charge in [0.2, 0.25) is 0 Å². The highest BCUT2D eigenvalue weighted by molar-refractivity contribution is 5.59. The minimum absolute atomic E-state index is 0.125. The summed E-state index contributed by atoms with van der Waals surface area (Å²) in [5.74, 6) is 0.125. The van der Waals surface area contributed by atoms with Crippen LogP contribution in [-0.4, -0.2) is 45.1 Å². The average Bonchev–Trinajstić information content (AvgIpc) is 2.74. The summed E-state index contributed by atoms with van der Waals surface area (Å²) in [6, 6.07) is 0. The van der Waals surface area contributed by atoms with Gasteiger partial charge < -0.3 is 26.0 Å². The topological polar surface area (TPSA) is 123 Å². The van der Waals surface area contributed by atoms with Crippen LogP contribution < -0.4 is 16.7 Å². The third kappa shape index (κ3) is 2.70. The predicted octanol–water partition coefficient (Wildman–Crippen LogP) is -1.10. The van der Waals surface area contributed by atoms with E-state index < -0.39 is 24.1 Å². The van der Waals surface area contributed by atoms with Gasteiger partial charge in [0, 0.05) is 19.2 Å². The molecule has 0 spiro atoms. The number of aliphatic hydroxyl groups excluding tert-OH is 2. The molecule has 1 aliphatic rings. The molecule has 0 bridgehead atoms. The molecule has 106 valence electrons. The minimum atomic E-state index is -0.804. The monoisotopic (exact) mass is 270 g/mol.